The third kappa shape index (κ3) is 4.10. The van der Waals surface area contributed by atoms with E-state index < -0.39 is 21.7 Å². The van der Waals surface area contributed by atoms with Gasteiger partial charge in [-0.05, 0) is 42.5 Å². The van der Waals surface area contributed by atoms with Gasteiger partial charge in [0.2, 0.25) is 0 Å². The first-order valence-electron chi connectivity index (χ1n) is 7.54. The van der Waals surface area contributed by atoms with Gasteiger partial charge in [-0.25, -0.2) is 17.8 Å². The molecule has 0 bridgehead atoms. The largest absolute Gasteiger partial charge is 0.298 e. The quantitative estimate of drug-likeness (QED) is 0.669. The van der Waals surface area contributed by atoms with Gasteiger partial charge in [-0.15, -0.1) is 11.3 Å². The third-order valence-electron chi connectivity index (χ3n) is 3.68. The molecule has 0 radical (unpaired) electrons. The summed E-state index contributed by atoms with van der Waals surface area (Å²) in [4.78, 5) is 16.2. The standard InChI is InChI=1S/C17H13ClFN3O3S2/c1-22(12-4-2-11(19)3-5-12)27(24,25)13-6-7-15(18)14(10-13)16(23)21-17-20-8-9-26-17/h2-10H,1H3,(H,20,21,23). The zero-order valence-corrected chi connectivity index (χ0v) is 16.3. The number of thiazole rings is 1. The van der Waals surface area contributed by atoms with Crippen molar-refractivity contribution in [3.63, 3.8) is 0 Å². The molecule has 0 spiro atoms. The number of nitrogens with one attached hydrogen (secondary N) is 1. The summed E-state index contributed by atoms with van der Waals surface area (Å²) in [5, 5.41) is 4.72. The third-order valence-corrected chi connectivity index (χ3v) is 6.48. The van der Waals surface area contributed by atoms with E-state index in [-0.39, 0.29) is 21.2 Å². The van der Waals surface area contributed by atoms with Crippen molar-refractivity contribution >= 4 is 49.7 Å². The molecule has 0 fully saturated rings. The van der Waals surface area contributed by atoms with Crippen LogP contribution in [0.1, 0.15) is 10.4 Å². The molecule has 0 aliphatic carbocycles. The minimum atomic E-state index is -3.98. The molecule has 0 unspecified atom stereocenters. The van der Waals surface area contributed by atoms with Crippen molar-refractivity contribution in [3.05, 3.63) is 70.4 Å². The monoisotopic (exact) mass is 425 g/mol. The van der Waals surface area contributed by atoms with Crippen LogP contribution in [-0.2, 0) is 10.0 Å². The predicted octanol–water partition coefficient (Wildman–Crippen LogP) is 4.01. The molecule has 140 valence electrons. The molecule has 0 aliphatic rings. The number of hydrogen-bond donors (Lipinski definition) is 1. The molecule has 27 heavy (non-hydrogen) atoms. The molecule has 3 aromatic rings. The molecule has 0 saturated heterocycles. The second kappa shape index (κ2) is 7.63. The van der Waals surface area contributed by atoms with Crippen LogP contribution in [0.15, 0.2) is 58.9 Å². The number of halogens is 2. The smallest absolute Gasteiger partial charge is 0.264 e. The molecule has 10 heteroatoms. The highest BCUT2D eigenvalue weighted by Gasteiger charge is 2.24. The lowest BCUT2D eigenvalue weighted by Crippen LogP contribution is -2.27. The molecular formula is C17H13ClFN3O3S2. The van der Waals surface area contributed by atoms with Crippen molar-refractivity contribution < 1.29 is 17.6 Å². The number of carbonyl (C=O) groups excluding carboxylic acids is 1. The van der Waals surface area contributed by atoms with Gasteiger partial charge in [0.05, 0.1) is 21.2 Å². The van der Waals surface area contributed by atoms with Crippen LogP contribution >= 0.6 is 22.9 Å². The van der Waals surface area contributed by atoms with Crippen molar-refractivity contribution in [2.45, 2.75) is 4.90 Å². The van der Waals surface area contributed by atoms with Crippen molar-refractivity contribution in [1.82, 2.24) is 4.98 Å². The number of carbonyl (C=O) groups is 1. The number of anilines is 2. The highest BCUT2D eigenvalue weighted by atomic mass is 35.5. The van der Waals surface area contributed by atoms with E-state index in [1.165, 1.54) is 54.9 Å². The van der Waals surface area contributed by atoms with Crippen LogP contribution in [0.2, 0.25) is 5.02 Å². The minimum absolute atomic E-state index is 0.000415. The summed E-state index contributed by atoms with van der Waals surface area (Å²) in [6, 6.07) is 8.85. The predicted molar refractivity (Wildman–Crippen MR) is 104 cm³/mol. The zero-order chi connectivity index (χ0) is 19.6. The van der Waals surface area contributed by atoms with E-state index in [9.17, 15) is 17.6 Å². The van der Waals surface area contributed by atoms with Crippen molar-refractivity contribution in [2.24, 2.45) is 0 Å². The molecule has 1 aromatic heterocycles. The molecule has 2 aromatic carbocycles. The first kappa shape index (κ1) is 19.3. The van der Waals surface area contributed by atoms with Gasteiger partial charge < -0.3 is 0 Å². The van der Waals surface area contributed by atoms with E-state index in [0.717, 1.165) is 16.4 Å². The fourth-order valence-electron chi connectivity index (χ4n) is 2.24. The number of aromatic nitrogens is 1. The lowest BCUT2D eigenvalue weighted by Gasteiger charge is -2.20. The van der Waals surface area contributed by atoms with Gasteiger partial charge in [0.25, 0.3) is 15.9 Å². The molecule has 1 amide bonds. The Morgan fingerprint density at radius 2 is 1.93 bits per heavy atom. The first-order valence-corrected chi connectivity index (χ1v) is 10.2. The molecule has 1 N–H and O–H groups in total. The molecule has 0 atom stereocenters. The lowest BCUT2D eigenvalue weighted by atomic mass is 10.2. The van der Waals surface area contributed by atoms with Crippen molar-refractivity contribution in [3.8, 4) is 0 Å². The Balaban J connectivity index is 1.94. The molecule has 6 nitrogen and oxygen atoms in total. The Bertz CT molecular complexity index is 1070. The van der Waals surface area contributed by atoms with E-state index in [1.807, 2.05) is 0 Å². The van der Waals surface area contributed by atoms with Crippen LogP contribution in [0.25, 0.3) is 0 Å². The number of rotatable bonds is 5. The topological polar surface area (TPSA) is 79.4 Å². The number of benzene rings is 2. The Morgan fingerprint density at radius 3 is 2.56 bits per heavy atom. The maximum atomic E-state index is 13.1. The van der Waals surface area contributed by atoms with Crippen LogP contribution < -0.4 is 9.62 Å². The average molecular weight is 426 g/mol. The minimum Gasteiger partial charge on any atom is -0.298 e. The summed E-state index contributed by atoms with van der Waals surface area (Å²) in [7, 11) is -2.64. The fourth-order valence-corrected chi connectivity index (χ4v) is 4.19. The summed E-state index contributed by atoms with van der Waals surface area (Å²) in [6.45, 7) is 0. The normalized spacial score (nSPS) is 11.2. The Hall–Kier alpha value is -2.49. The van der Waals surface area contributed by atoms with Crippen molar-refractivity contribution in [1.29, 1.82) is 0 Å². The highest BCUT2D eigenvalue weighted by Crippen LogP contribution is 2.26. The van der Waals surface area contributed by atoms with Crippen LogP contribution in [0, 0.1) is 5.82 Å². The highest BCUT2D eigenvalue weighted by molar-refractivity contribution is 7.92. The lowest BCUT2D eigenvalue weighted by molar-refractivity contribution is 0.102. The first-order chi connectivity index (χ1) is 12.8. The maximum absolute atomic E-state index is 13.1. The van der Waals surface area contributed by atoms with Crippen LogP contribution in [0.5, 0.6) is 0 Å². The summed E-state index contributed by atoms with van der Waals surface area (Å²) in [5.41, 5.74) is 0.278. The molecule has 0 aliphatic heterocycles. The number of amides is 1. The van der Waals surface area contributed by atoms with Crippen LogP contribution in [0.3, 0.4) is 0 Å². The average Bonchev–Trinajstić information content (AvgIpc) is 3.14. The number of sulfonamides is 1. The SMILES string of the molecule is CN(c1ccc(F)cc1)S(=O)(=O)c1ccc(Cl)c(C(=O)Nc2nccs2)c1. The van der Waals surface area contributed by atoms with E-state index in [2.05, 4.69) is 10.3 Å². The van der Waals surface area contributed by atoms with E-state index in [1.54, 1.807) is 5.38 Å². The van der Waals surface area contributed by atoms with E-state index >= 15 is 0 Å². The number of nitrogens with zero attached hydrogens (tertiary/aromatic N) is 2. The number of hydrogen-bond acceptors (Lipinski definition) is 5. The summed E-state index contributed by atoms with van der Waals surface area (Å²) >= 11 is 7.29. The zero-order valence-electron chi connectivity index (χ0n) is 13.9. The Morgan fingerprint density at radius 1 is 1.22 bits per heavy atom. The molecule has 1 heterocycles. The molecule has 0 saturated carbocycles. The van der Waals surface area contributed by atoms with Crippen LogP contribution in [-0.4, -0.2) is 26.4 Å². The van der Waals surface area contributed by atoms with Crippen molar-refractivity contribution in [2.75, 3.05) is 16.7 Å². The van der Waals surface area contributed by atoms with Crippen LogP contribution in [0.4, 0.5) is 15.2 Å². The maximum Gasteiger partial charge on any atom is 0.264 e. The molecule has 3 rings (SSSR count). The van der Waals surface area contributed by atoms with Gasteiger partial charge >= 0.3 is 0 Å². The van der Waals surface area contributed by atoms with Gasteiger partial charge in [-0.1, -0.05) is 11.6 Å². The van der Waals surface area contributed by atoms with Gasteiger partial charge in [-0.3, -0.25) is 14.4 Å². The van der Waals surface area contributed by atoms with E-state index in [4.69, 9.17) is 11.6 Å². The molecular weight excluding hydrogens is 413 g/mol. The van der Waals surface area contributed by atoms with Gasteiger partial charge in [-0.2, -0.15) is 0 Å². The van der Waals surface area contributed by atoms with Gasteiger partial charge in [0.15, 0.2) is 5.13 Å². The second-order valence-corrected chi connectivity index (χ2v) is 8.65. The van der Waals surface area contributed by atoms with Gasteiger partial charge in [0, 0.05) is 18.6 Å². The van der Waals surface area contributed by atoms with Gasteiger partial charge in [0.1, 0.15) is 5.82 Å². The Kier molecular flexibility index (Phi) is 5.45. The summed E-state index contributed by atoms with van der Waals surface area (Å²) in [6.07, 6.45) is 1.53. The second-order valence-electron chi connectivity index (χ2n) is 5.38. The summed E-state index contributed by atoms with van der Waals surface area (Å²) < 4.78 is 39.8. The Labute approximate surface area is 164 Å². The fraction of sp³-hybridized carbons (Fsp3) is 0.0588. The summed E-state index contributed by atoms with van der Waals surface area (Å²) in [5.74, 6) is -1.05. The van der Waals surface area contributed by atoms with E-state index in [0.29, 0.717) is 5.13 Å².